The van der Waals surface area contributed by atoms with E-state index in [2.05, 4.69) is 25.4 Å². The van der Waals surface area contributed by atoms with E-state index in [1.807, 2.05) is 45.6 Å². The minimum Gasteiger partial charge on any atom is -0.353 e. The number of pyridine rings is 1. The highest BCUT2D eigenvalue weighted by Gasteiger charge is 2.25. The Bertz CT molecular complexity index is 1040. The summed E-state index contributed by atoms with van der Waals surface area (Å²) in [6, 6.07) is 1.83. The van der Waals surface area contributed by atoms with E-state index in [-0.39, 0.29) is 5.91 Å². The fourth-order valence-corrected chi connectivity index (χ4v) is 3.82. The second kappa shape index (κ2) is 6.37. The van der Waals surface area contributed by atoms with Crippen molar-refractivity contribution in [3.8, 4) is 0 Å². The largest absolute Gasteiger partial charge is 0.353 e. The number of amides is 1. The van der Waals surface area contributed by atoms with Crippen molar-refractivity contribution in [2.24, 2.45) is 14.1 Å². The van der Waals surface area contributed by atoms with Gasteiger partial charge in [0.25, 0.3) is 5.91 Å². The number of aromatic nitrogens is 5. The van der Waals surface area contributed by atoms with Gasteiger partial charge in [-0.05, 0) is 39.7 Å². The van der Waals surface area contributed by atoms with Crippen molar-refractivity contribution in [2.75, 3.05) is 23.3 Å². The molecule has 1 amide bonds. The molecule has 3 aromatic rings. The van der Waals surface area contributed by atoms with Gasteiger partial charge in [-0.3, -0.25) is 14.2 Å². The molecule has 27 heavy (non-hydrogen) atoms. The maximum atomic E-state index is 13.2. The predicted molar refractivity (Wildman–Crippen MR) is 105 cm³/mol. The Kier molecular flexibility index (Phi) is 4.13. The molecule has 0 aromatic carbocycles. The van der Waals surface area contributed by atoms with Gasteiger partial charge in [-0.2, -0.15) is 10.2 Å². The van der Waals surface area contributed by atoms with Crippen LogP contribution in [0, 0.1) is 20.8 Å². The van der Waals surface area contributed by atoms with Gasteiger partial charge in [0.05, 0.1) is 22.3 Å². The Hall–Kier alpha value is -2.90. The van der Waals surface area contributed by atoms with E-state index < -0.39 is 0 Å². The maximum absolute atomic E-state index is 13.2. The third-order valence-corrected chi connectivity index (χ3v) is 5.30. The smallest absolute Gasteiger partial charge is 0.256 e. The fourth-order valence-electron chi connectivity index (χ4n) is 3.82. The van der Waals surface area contributed by atoms with Gasteiger partial charge in [0, 0.05) is 32.9 Å². The van der Waals surface area contributed by atoms with E-state index in [9.17, 15) is 4.79 Å². The minimum absolute atomic E-state index is 0.154. The van der Waals surface area contributed by atoms with Crippen LogP contribution in [0.5, 0.6) is 0 Å². The van der Waals surface area contributed by atoms with Crippen molar-refractivity contribution in [1.29, 1.82) is 0 Å². The van der Waals surface area contributed by atoms with Crippen molar-refractivity contribution in [2.45, 2.75) is 33.6 Å². The highest BCUT2D eigenvalue weighted by atomic mass is 16.1. The third kappa shape index (κ3) is 2.85. The Labute approximate surface area is 158 Å². The molecule has 3 aromatic heterocycles. The van der Waals surface area contributed by atoms with Crippen molar-refractivity contribution in [3.63, 3.8) is 0 Å². The molecular formula is C19H25N7O. The number of hydrogen-bond donors (Lipinski definition) is 1. The first-order chi connectivity index (χ1) is 12.9. The van der Waals surface area contributed by atoms with Crippen LogP contribution in [-0.2, 0) is 14.1 Å². The van der Waals surface area contributed by atoms with Gasteiger partial charge in [-0.25, -0.2) is 4.98 Å². The second-order valence-corrected chi connectivity index (χ2v) is 7.27. The van der Waals surface area contributed by atoms with Gasteiger partial charge >= 0.3 is 0 Å². The average Bonchev–Trinajstić information content (AvgIpc) is 3.31. The summed E-state index contributed by atoms with van der Waals surface area (Å²) in [6.07, 6.45) is 2.31. The Morgan fingerprint density at radius 2 is 1.78 bits per heavy atom. The molecule has 0 radical (unpaired) electrons. The zero-order chi connectivity index (χ0) is 19.3. The second-order valence-electron chi connectivity index (χ2n) is 7.27. The molecule has 1 N–H and O–H groups in total. The molecule has 0 aliphatic carbocycles. The zero-order valence-electron chi connectivity index (χ0n) is 16.5. The van der Waals surface area contributed by atoms with Crippen molar-refractivity contribution in [1.82, 2.24) is 24.5 Å². The number of hydrogen-bond acceptors (Lipinski definition) is 5. The number of carbonyl (C=O) groups is 1. The molecule has 1 saturated heterocycles. The van der Waals surface area contributed by atoms with Crippen LogP contribution in [0.3, 0.4) is 0 Å². The van der Waals surface area contributed by atoms with Gasteiger partial charge in [-0.15, -0.1) is 0 Å². The SMILES string of the molecule is Cc1cc(C(=O)Nc2c(N3CCCC3)nn(C)c2C)c2c(C)nn(C)c2n1. The topological polar surface area (TPSA) is 80.9 Å². The summed E-state index contributed by atoms with van der Waals surface area (Å²) in [5, 5.41) is 13.0. The Morgan fingerprint density at radius 1 is 1.07 bits per heavy atom. The number of anilines is 2. The molecule has 0 unspecified atom stereocenters. The lowest BCUT2D eigenvalue weighted by Gasteiger charge is -2.17. The monoisotopic (exact) mass is 367 g/mol. The molecular weight excluding hydrogens is 342 g/mol. The van der Waals surface area contributed by atoms with Crippen molar-refractivity contribution < 1.29 is 4.79 Å². The summed E-state index contributed by atoms with van der Waals surface area (Å²) >= 11 is 0. The van der Waals surface area contributed by atoms with Crippen LogP contribution < -0.4 is 10.2 Å². The molecule has 0 spiro atoms. The summed E-state index contributed by atoms with van der Waals surface area (Å²) in [5.74, 6) is 0.698. The molecule has 0 atom stereocenters. The molecule has 1 aliphatic rings. The lowest BCUT2D eigenvalue weighted by atomic mass is 10.1. The van der Waals surface area contributed by atoms with Crippen LogP contribution in [0.1, 0.15) is 40.3 Å². The highest BCUT2D eigenvalue weighted by molar-refractivity contribution is 6.13. The number of nitrogens with zero attached hydrogens (tertiary/aromatic N) is 6. The molecule has 1 aliphatic heterocycles. The van der Waals surface area contributed by atoms with E-state index in [1.54, 1.807) is 4.68 Å². The molecule has 4 rings (SSSR count). The summed E-state index contributed by atoms with van der Waals surface area (Å²) < 4.78 is 3.55. The first-order valence-electron chi connectivity index (χ1n) is 9.27. The lowest BCUT2D eigenvalue weighted by molar-refractivity contribution is 0.102. The van der Waals surface area contributed by atoms with Crippen LogP contribution in [0.25, 0.3) is 11.0 Å². The van der Waals surface area contributed by atoms with Crippen molar-refractivity contribution >= 4 is 28.4 Å². The van der Waals surface area contributed by atoms with Crippen LogP contribution in [0.4, 0.5) is 11.5 Å². The summed E-state index contributed by atoms with van der Waals surface area (Å²) in [7, 11) is 3.75. The van der Waals surface area contributed by atoms with E-state index in [0.717, 1.165) is 65.6 Å². The van der Waals surface area contributed by atoms with Gasteiger partial charge < -0.3 is 10.2 Å². The van der Waals surface area contributed by atoms with Gasteiger partial charge in [0.15, 0.2) is 11.5 Å². The first-order valence-corrected chi connectivity index (χ1v) is 9.27. The fraction of sp³-hybridized carbons (Fsp3) is 0.474. The van der Waals surface area contributed by atoms with E-state index in [1.165, 1.54) is 0 Å². The molecule has 142 valence electrons. The van der Waals surface area contributed by atoms with Crippen molar-refractivity contribution in [3.05, 3.63) is 28.7 Å². The summed E-state index contributed by atoms with van der Waals surface area (Å²) in [6.45, 7) is 7.72. The predicted octanol–water partition coefficient (Wildman–Crippen LogP) is 2.48. The highest BCUT2D eigenvalue weighted by Crippen LogP contribution is 2.31. The molecule has 8 nitrogen and oxygen atoms in total. The molecule has 4 heterocycles. The van der Waals surface area contributed by atoms with Crippen LogP contribution in [0.2, 0.25) is 0 Å². The van der Waals surface area contributed by atoms with Crippen LogP contribution in [-0.4, -0.2) is 43.5 Å². The standard InChI is InChI=1S/C19H25N7O/c1-11-10-14(15-12(2)22-25(5)17(15)20-11)19(27)21-16-13(3)24(4)23-18(16)26-8-6-7-9-26/h10H,6-9H2,1-5H3,(H,21,27). The normalized spacial score (nSPS) is 14.3. The van der Waals surface area contributed by atoms with Crippen LogP contribution in [0.15, 0.2) is 6.07 Å². The number of aryl methyl sites for hydroxylation is 4. The maximum Gasteiger partial charge on any atom is 0.256 e. The number of fused-ring (bicyclic) bond motifs is 1. The lowest BCUT2D eigenvalue weighted by Crippen LogP contribution is -2.21. The van der Waals surface area contributed by atoms with E-state index in [4.69, 9.17) is 0 Å². The Morgan fingerprint density at radius 3 is 2.48 bits per heavy atom. The zero-order valence-corrected chi connectivity index (χ0v) is 16.5. The van der Waals surface area contributed by atoms with Crippen LogP contribution >= 0.6 is 0 Å². The summed E-state index contributed by atoms with van der Waals surface area (Å²) in [4.78, 5) is 20.0. The number of rotatable bonds is 3. The Balaban J connectivity index is 1.77. The molecule has 8 heteroatoms. The van der Waals surface area contributed by atoms with Gasteiger partial charge in [-0.1, -0.05) is 0 Å². The average molecular weight is 367 g/mol. The van der Waals surface area contributed by atoms with E-state index in [0.29, 0.717) is 5.56 Å². The number of nitrogens with one attached hydrogen (secondary N) is 1. The molecule has 0 saturated carbocycles. The minimum atomic E-state index is -0.154. The summed E-state index contributed by atoms with van der Waals surface area (Å²) in [5.41, 5.74) is 4.63. The number of carbonyl (C=O) groups excluding carboxylic acids is 1. The molecule has 1 fully saturated rings. The first kappa shape index (κ1) is 17.5. The van der Waals surface area contributed by atoms with E-state index >= 15 is 0 Å². The van der Waals surface area contributed by atoms with Gasteiger partial charge in [0.1, 0.15) is 5.69 Å². The van der Waals surface area contributed by atoms with Gasteiger partial charge in [0.2, 0.25) is 0 Å². The molecule has 0 bridgehead atoms. The third-order valence-electron chi connectivity index (χ3n) is 5.30. The quantitative estimate of drug-likeness (QED) is 0.769.